The van der Waals surface area contributed by atoms with Gasteiger partial charge in [0.2, 0.25) is 0 Å². The fourth-order valence-corrected chi connectivity index (χ4v) is 13.8. The van der Waals surface area contributed by atoms with Gasteiger partial charge < -0.3 is 9.13 Å². The third-order valence-corrected chi connectivity index (χ3v) is 17.4. The lowest BCUT2D eigenvalue weighted by atomic mass is 9.81. The average molecular weight is 981 g/mol. The Morgan fingerprint density at radius 2 is 1.10 bits per heavy atom. The second kappa shape index (κ2) is 16.8. The predicted molar refractivity (Wildman–Crippen MR) is 326 cm³/mol. The first-order chi connectivity index (χ1) is 37.9. The number of hydrogen-bond donors (Lipinski definition) is 0. The maximum Gasteiger partial charge on any atom is 0.0614 e. The molecule has 1 aliphatic carbocycles. The van der Waals surface area contributed by atoms with E-state index in [2.05, 4.69) is 284 Å². The summed E-state index contributed by atoms with van der Waals surface area (Å²) >= 11 is 0. The van der Waals surface area contributed by atoms with E-state index in [1.165, 1.54) is 143 Å². The number of rotatable bonds is 7. The molecule has 0 amide bonds. The average Bonchev–Trinajstić information content (AvgIpc) is 4.26. The van der Waals surface area contributed by atoms with Crippen LogP contribution in [0.3, 0.4) is 0 Å². The van der Waals surface area contributed by atoms with E-state index >= 15 is 0 Å². The highest BCUT2D eigenvalue weighted by Crippen LogP contribution is 2.53. The van der Waals surface area contributed by atoms with Gasteiger partial charge in [0.15, 0.2) is 0 Å². The van der Waals surface area contributed by atoms with Crippen LogP contribution in [-0.4, -0.2) is 9.13 Å². The molecule has 0 saturated carbocycles. The van der Waals surface area contributed by atoms with Crippen LogP contribution in [0.25, 0.3) is 122 Å². The molecule has 2 aliphatic rings. The van der Waals surface area contributed by atoms with Crippen LogP contribution < -0.4 is 0 Å². The molecule has 362 valence electrons. The first-order valence-corrected chi connectivity index (χ1v) is 27.2. The third-order valence-electron chi connectivity index (χ3n) is 17.4. The van der Waals surface area contributed by atoms with E-state index in [9.17, 15) is 0 Å². The van der Waals surface area contributed by atoms with Crippen molar-refractivity contribution < 1.29 is 0 Å². The molecule has 1 unspecified atom stereocenters. The van der Waals surface area contributed by atoms with Gasteiger partial charge in [0.05, 0.1) is 27.8 Å². The van der Waals surface area contributed by atoms with E-state index < -0.39 is 0 Å². The smallest absolute Gasteiger partial charge is 0.0614 e. The highest BCUT2D eigenvalue weighted by atomic mass is 15.0. The zero-order valence-corrected chi connectivity index (χ0v) is 43.0. The summed E-state index contributed by atoms with van der Waals surface area (Å²) in [5, 5.41) is 10.1. The molecule has 0 fully saturated rings. The Bertz CT molecular complexity index is 4790. The van der Waals surface area contributed by atoms with Crippen molar-refractivity contribution in [3.8, 4) is 44.8 Å². The number of nitrogens with zero attached hydrogens (tertiary/aromatic N) is 2. The van der Waals surface area contributed by atoms with E-state index in [1.807, 2.05) is 0 Å². The molecule has 0 spiro atoms. The Labute approximate surface area is 448 Å². The van der Waals surface area contributed by atoms with Crippen molar-refractivity contribution in [1.29, 1.82) is 0 Å². The van der Waals surface area contributed by atoms with Crippen molar-refractivity contribution >= 4 is 77.3 Å². The van der Waals surface area contributed by atoms with E-state index in [1.54, 1.807) is 0 Å². The molecule has 2 nitrogen and oxygen atoms in total. The van der Waals surface area contributed by atoms with Crippen LogP contribution in [-0.2, 0) is 11.8 Å². The first-order valence-electron chi connectivity index (χ1n) is 27.2. The summed E-state index contributed by atoms with van der Waals surface area (Å²) in [6.07, 6.45) is 5.68. The molecule has 12 aromatic carbocycles. The van der Waals surface area contributed by atoms with Gasteiger partial charge in [-0.3, -0.25) is 0 Å². The molecular weight excluding hydrogens is 929 g/mol. The number of para-hydroxylation sites is 2. The monoisotopic (exact) mass is 980 g/mol. The van der Waals surface area contributed by atoms with Gasteiger partial charge in [-0.05, 0) is 161 Å². The quantitative estimate of drug-likeness (QED) is 0.151. The van der Waals surface area contributed by atoms with Crippen LogP contribution >= 0.6 is 0 Å². The Morgan fingerprint density at radius 3 is 1.96 bits per heavy atom. The van der Waals surface area contributed by atoms with Crippen molar-refractivity contribution in [2.24, 2.45) is 0 Å². The zero-order valence-electron chi connectivity index (χ0n) is 43.0. The van der Waals surface area contributed by atoms with Crippen molar-refractivity contribution in [2.45, 2.75) is 31.6 Å². The van der Waals surface area contributed by atoms with Crippen molar-refractivity contribution in [1.82, 2.24) is 9.13 Å². The molecule has 1 aliphatic heterocycles. The van der Waals surface area contributed by atoms with Gasteiger partial charge in [-0.25, -0.2) is 0 Å². The van der Waals surface area contributed by atoms with Crippen LogP contribution in [0.2, 0.25) is 0 Å². The van der Waals surface area contributed by atoms with Gasteiger partial charge in [-0.15, -0.1) is 0 Å². The zero-order chi connectivity index (χ0) is 50.9. The topological polar surface area (TPSA) is 9.86 Å². The Morgan fingerprint density at radius 1 is 0.416 bits per heavy atom. The lowest BCUT2D eigenvalue weighted by Crippen LogP contribution is -2.15. The van der Waals surface area contributed by atoms with E-state index in [4.69, 9.17) is 0 Å². The molecule has 77 heavy (non-hydrogen) atoms. The van der Waals surface area contributed by atoms with E-state index in [0.717, 1.165) is 12.1 Å². The molecule has 0 bridgehead atoms. The van der Waals surface area contributed by atoms with Crippen LogP contribution in [0.5, 0.6) is 0 Å². The molecule has 2 heteroatoms. The lowest BCUT2D eigenvalue weighted by Gasteiger charge is -2.23. The van der Waals surface area contributed by atoms with Gasteiger partial charge >= 0.3 is 0 Å². The number of fused-ring (bicyclic) bond motifs is 14. The minimum Gasteiger partial charge on any atom is -0.309 e. The number of benzene rings is 12. The number of aromatic nitrogens is 2. The Kier molecular flexibility index (Phi) is 9.54. The van der Waals surface area contributed by atoms with Crippen molar-refractivity contribution in [3.05, 3.63) is 288 Å². The fourth-order valence-electron chi connectivity index (χ4n) is 13.8. The maximum atomic E-state index is 2.58. The Hall–Kier alpha value is -9.50. The normalized spacial score (nSPS) is 13.6. The van der Waals surface area contributed by atoms with Crippen LogP contribution in [0.1, 0.15) is 58.7 Å². The van der Waals surface area contributed by atoms with Crippen LogP contribution in [0.4, 0.5) is 0 Å². The highest BCUT2D eigenvalue weighted by molar-refractivity contribution is 6.19. The summed E-state index contributed by atoms with van der Waals surface area (Å²) in [7, 11) is 0. The SMILES string of the molecule is CC1(C)c2ccccc2-c2c1ccc1c2C=Cc2cc(-c3cc(C(Cc4ccccc4)c4cccc(-c5cccc6c5c5ccccc5n6-c5ccccc5)c4)c4ccccc4c3)cc3c4cc5ccccc5cc4n-1c23. The Balaban J connectivity index is 0.910. The molecule has 14 aromatic rings. The standard InChI is InChI=1S/C75H52N2/c1-75(2)66-32-15-13-29-59(66)72-61-36-35-53-42-55(45-65-64-43-48-21-9-10-22-49(48)46-71(64)77(74(53)65)69(61)38-37-67(72)75)54-41-50-23-11-12-28-57(50)63(44-54)62(39-47-19-5-3-6-20-47)52-25-17-24-51(40-52)58-31-18-34-70-73(58)60-30-14-16-33-68(60)76(70)56-26-7-4-8-27-56/h3-38,40-46,62H,39H2,1-2H3. The van der Waals surface area contributed by atoms with Gasteiger partial charge in [0, 0.05) is 44.1 Å². The summed E-state index contributed by atoms with van der Waals surface area (Å²) in [6, 6.07) is 93.5. The summed E-state index contributed by atoms with van der Waals surface area (Å²) in [4.78, 5) is 0. The van der Waals surface area contributed by atoms with Gasteiger partial charge in [-0.1, -0.05) is 208 Å². The van der Waals surface area contributed by atoms with Crippen molar-refractivity contribution in [2.75, 3.05) is 0 Å². The molecule has 1 atom stereocenters. The lowest BCUT2D eigenvalue weighted by molar-refractivity contribution is 0.660. The summed E-state index contributed by atoms with van der Waals surface area (Å²) in [5.74, 6) is 0.0502. The largest absolute Gasteiger partial charge is 0.309 e. The van der Waals surface area contributed by atoms with Crippen molar-refractivity contribution in [3.63, 3.8) is 0 Å². The summed E-state index contributed by atoms with van der Waals surface area (Å²) in [6.45, 7) is 4.76. The van der Waals surface area contributed by atoms with Gasteiger partial charge in [0.25, 0.3) is 0 Å². The highest BCUT2D eigenvalue weighted by Gasteiger charge is 2.38. The second-order valence-electron chi connectivity index (χ2n) is 22.0. The third kappa shape index (κ3) is 6.62. The summed E-state index contributed by atoms with van der Waals surface area (Å²) in [5.41, 5.74) is 24.0. The van der Waals surface area contributed by atoms with E-state index in [0.29, 0.717) is 0 Å². The summed E-state index contributed by atoms with van der Waals surface area (Å²) < 4.78 is 5.00. The van der Waals surface area contributed by atoms with Gasteiger partial charge in [-0.2, -0.15) is 0 Å². The first kappa shape index (κ1) is 43.9. The fraction of sp³-hybridized carbons (Fsp3) is 0.0667. The predicted octanol–water partition coefficient (Wildman–Crippen LogP) is 19.7. The molecule has 0 radical (unpaired) electrons. The molecular formula is C75H52N2. The molecule has 0 saturated heterocycles. The van der Waals surface area contributed by atoms with Crippen LogP contribution in [0.15, 0.2) is 249 Å². The molecule has 0 N–H and O–H groups in total. The van der Waals surface area contributed by atoms with Crippen LogP contribution in [0, 0.1) is 0 Å². The number of hydrogen-bond acceptors (Lipinski definition) is 0. The molecule has 3 heterocycles. The molecule has 16 rings (SSSR count). The molecule has 2 aromatic heterocycles. The minimum absolute atomic E-state index is 0.0502. The second-order valence-corrected chi connectivity index (χ2v) is 22.0. The van der Waals surface area contributed by atoms with Gasteiger partial charge in [0.1, 0.15) is 0 Å². The minimum atomic E-state index is -0.100. The van der Waals surface area contributed by atoms with E-state index in [-0.39, 0.29) is 11.3 Å². The maximum absolute atomic E-state index is 2.58.